The number of halogens is 1. The Morgan fingerprint density at radius 2 is 1.56 bits per heavy atom. The third-order valence-electron chi connectivity index (χ3n) is 2.33. The van der Waals surface area contributed by atoms with Crippen molar-refractivity contribution in [2.75, 3.05) is 20.3 Å². The smallest absolute Gasteiger partial charge is 0.119 e. The van der Waals surface area contributed by atoms with Gasteiger partial charge in [-0.3, -0.25) is 0 Å². The van der Waals surface area contributed by atoms with Crippen LogP contribution in [-0.2, 0) is 4.74 Å². The molecule has 0 heterocycles. The van der Waals surface area contributed by atoms with E-state index in [1.54, 1.807) is 7.11 Å². The SMILES string of the molecule is COCCCCCCOc1ccc(I)cc1. The Kier molecular flexibility index (Phi) is 7.59. The van der Waals surface area contributed by atoms with Gasteiger partial charge < -0.3 is 9.47 Å². The average Bonchev–Trinajstić information content (AvgIpc) is 2.30. The average molecular weight is 334 g/mol. The molecule has 0 aliphatic heterocycles. The molecular weight excluding hydrogens is 315 g/mol. The summed E-state index contributed by atoms with van der Waals surface area (Å²) < 4.78 is 11.9. The summed E-state index contributed by atoms with van der Waals surface area (Å²) in [6, 6.07) is 8.17. The first-order valence-electron chi connectivity index (χ1n) is 5.70. The van der Waals surface area contributed by atoms with Crippen LogP contribution in [0.2, 0.25) is 0 Å². The summed E-state index contributed by atoms with van der Waals surface area (Å²) in [7, 11) is 1.75. The molecule has 0 bridgehead atoms. The van der Waals surface area contributed by atoms with E-state index in [4.69, 9.17) is 9.47 Å². The Balaban J connectivity index is 2.01. The monoisotopic (exact) mass is 334 g/mol. The highest BCUT2D eigenvalue weighted by Gasteiger charge is 1.94. The van der Waals surface area contributed by atoms with Gasteiger partial charge >= 0.3 is 0 Å². The molecule has 0 aliphatic rings. The van der Waals surface area contributed by atoms with Crippen LogP contribution in [0.25, 0.3) is 0 Å². The molecule has 3 heteroatoms. The van der Waals surface area contributed by atoms with Gasteiger partial charge in [0.25, 0.3) is 0 Å². The van der Waals surface area contributed by atoms with Crippen molar-refractivity contribution in [1.29, 1.82) is 0 Å². The van der Waals surface area contributed by atoms with E-state index < -0.39 is 0 Å². The Morgan fingerprint density at radius 1 is 0.938 bits per heavy atom. The van der Waals surface area contributed by atoms with E-state index in [0.717, 1.165) is 31.8 Å². The predicted molar refractivity (Wildman–Crippen MR) is 75.0 cm³/mol. The molecule has 0 saturated heterocycles. The van der Waals surface area contributed by atoms with Gasteiger partial charge in [-0.15, -0.1) is 0 Å². The highest BCUT2D eigenvalue weighted by Crippen LogP contribution is 2.14. The fraction of sp³-hybridized carbons (Fsp3) is 0.538. The number of benzene rings is 1. The van der Waals surface area contributed by atoms with E-state index in [0.29, 0.717) is 0 Å². The van der Waals surface area contributed by atoms with Crippen LogP contribution in [-0.4, -0.2) is 20.3 Å². The first-order valence-corrected chi connectivity index (χ1v) is 6.78. The van der Waals surface area contributed by atoms with Crippen molar-refractivity contribution in [2.24, 2.45) is 0 Å². The lowest BCUT2D eigenvalue weighted by Gasteiger charge is -2.05. The molecule has 0 fully saturated rings. The molecule has 1 rings (SSSR count). The summed E-state index contributed by atoms with van der Waals surface area (Å²) in [4.78, 5) is 0. The standard InChI is InChI=1S/C13H19IO2/c1-15-10-4-2-3-5-11-16-13-8-6-12(14)7-9-13/h6-9H,2-5,10-11H2,1H3. The molecule has 0 N–H and O–H groups in total. The third kappa shape index (κ3) is 6.33. The first kappa shape index (κ1) is 13.8. The van der Waals surface area contributed by atoms with Crippen molar-refractivity contribution in [2.45, 2.75) is 25.7 Å². The summed E-state index contributed by atoms with van der Waals surface area (Å²) in [6.07, 6.45) is 4.72. The van der Waals surface area contributed by atoms with Crippen LogP contribution < -0.4 is 4.74 Å². The van der Waals surface area contributed by atoms with Gasteiger partial charge in [-0.1, -0.05) is 6.42 Å². The molecule has 0 atom stereocenters. The topological polar surface area (TPSA) is 18.5 Å². The van der Waals surface area contributed by atoms with E-state index in [-0.39, 0.29) is 0 Å². The Labute approximate surface area is 111 Å². The largest absolute Gasteiger partial charge is 0.494 e. The molecule has 1 aromatic rings. The summed E-state index contributed by atoms with van der Waals surface area (Å²) in [5.41, 5.74) is 0. The molecular formula is C13H19IO2. The van der Waals surface area contributed by atoms with Crippen LogP contribution in [0.5, 0.6) is 5.75 Å². The maximum absolute atomic E-state index is 5.63. The molecule has 0 unspecified atom stereocenters. The minimum Gasteiger partial charge on any atom is -0.494 e. The van der Waals surface area contributed by atoms with E-state index in [2.05, 4.69) is 34.7 Å². The number of hydrogen-bond donors (Lipinski definition) is 0. The lowest BCUT2D eigenvalue weighted by molar-refractivity contribution is 0.191. The molecule has 1 aromatic carbocycles. The Morgan fingerprint density at radius 3 is 2.19 bits per heavy atom. The van der Waals surface area contributed by atoms with Crippen molar-refractivity contribution in [1.82, 2.24) is 0 Å². The van der Waals surface area contributed by atoms with Gasteiger partial charge in [0.2, 0.25) is 0 Å². The minimum atomic E-state index is 0.813. The lowest BCUT2D eigenvalue weighted by Crippen LogP contribution is -1.97. The van der Waals surface area contributed by atoms with Gasteiger partial charge in [-0.05, 0) is 66.1 Å². The predicted octanol–water partition coefficient (Wildman–Crippen LogP) is 3.88. The fourth-order valence-electron chi connectivity index (χ4n) is 1.42. The van der Waals surface area contributed by atoms with Crippen molar-refractivity contribution >= 4 is 22.6 Å². The van der Waals surface area contributed by atoms with Gasteiger partial charge in [0.1, 0.15) is 5.75 Å². The van der Waals surface area contributed by atoms with E-state index in [1.807, 2.05) is 12.1 Å². The number of unbranched alkanes of at least 4 members (excludes halogenated alkanes) is 3. The zero-order valence-corrected chi connectivity index (χ0v) is 11.9. The van der Waals surface area contributed by atoms with Crippen LogP contribution >= 0.6 is 22.6 Å². The van der Waals surface area contributed by atoms with Gasteiger partial charge in [0.15, 0.2) is 0 Å². The maximum Gasteiger partial charge on any atom is 0.119 e. The molecule has 90 valence electrons. The van der Waals surface area contributed by atoms with Crippen LogP contribution in [0.15, 0.2) is 24.3 Å². The van der Waals surface area contributed by atoms with Gasteiger partial charge in [-0.2, -0.15) is 0 Å². The second kappa shape index (κ2) is 8.82. The van der Waals surface area contributed by atoms with E-state index in [1.165, 1.54) is 16.4 Å². The minimum absolute atomic E-state index is 0.813. The highest BCUT2D eigenvalue weighted by molar-refractivity contribution is 14.1. The zero-order chi connectivity index (χ0) is 11.6. The number of hydrogen-bond acceptors (Lipinski definition) is 2. The van der Waals surface area contributed by atoms with E-state index >= 15 is 0 Å². The number of methoxy groups -OCH3 is 1. The van der Waals surface area contributed by atoms with Crippen LogP contribution in [0.3, 0.4) is 0 Å². The van der Waals surface area contributed by atoms with Crippen molar-refractivity contribution in [3.63, 3.8) is 0 Å². The molecule has 0 aliphatic carbocycles. The lowest BCUT2D eigenvalue weighted by atomic mass is 10.2. The van der Waals surface area contributed by atoms with Crippen molar-refractivity contribution in [3.05, 3.63) is 27.8 Å². The third-order valence-corrected chi connectivity index (χ3v) is 3.04. The molecule has 16 heavy (non-hydrogen) atoms. The molecule has 0 saturated carbocycles. The fourth-order valence-corrected chi connectivity index (χ4v) is 1.78. The molecule has 0 spiro atoms. The quantitative estimate of drug-likeness (QED) is 0.531. The van der Waals surface area contributed by atoms with Gasteiger partial charge in [0, 0.05) is 17.3 Å². The van der Waals surface area contributed by atoms with Gasteiger partial charge in [0.05, 0.1) is 6.61 Å². The van der Waals surface area contributed by atoms with Crippen molar-refractivity contribution in [3.8, 4) is 5.75 Å². The summed E-state index contributed by atoms with van der Waals surface area (Å²) >= 11 is 2.29. The van der Waals surface area contributed by atoms with Crippen LogP contribution in [0.4, 0.5) is 0 Å². The van der Waals surface area contributed by atoms with Crippen molar-refractivity contribution < 1.29 is 9.47 Å². The number of rotatable bonds is 8. The summed E-state index contributed by atoms with van der Waals surface area (Å²) in [5, 5.41) is 0. The first-order chi connectivity index (χ1) is 7.83. The Hall–Kier alpha value is -0.290. The van der Waals surface area contributed by atoms with E-state index in [9.17, 15) is 0 Å². The van der Waals surface area contributed by atoms with Crippen LogP contribution in [0, 0.1) is 3.57 Å². The zero-order valence-electron chi connectivity index (χ0n) is 9.75. The maximum atomic E-state index is 5.63. The second-order valence-electron chi connectivity index (χ2n) is 3.71. The summed E-state index contributed by atoms with van der Waals surface area (Å²) in [6.45, 7) is 1.69. The van der Waals surface area contributed by atoms with Crippen LogP contribution in [0.1, 0.15) is 25.7 Å². The Bertz CT molecular complexity index is 272. The second-order valence-corrected chi connectivity index (χ2v) is 4.96. The summed E-state index contributed by atoms with van der Waals surface area (Å²) in [5.74, 6) is 0.970. The number of ether oxygens (including phenoxy) is 2. The highest BCUT2D eigenvalue weighted by atomic mass is 127. The molecule has 0 aromatic heterocycles. The molecule has 2 nitrogen and oxygen atoms in total. The molecule has 0 amide bonds. The molecule has 0 radical (unpaired) electrons. The van der Waals surface area contributed by atoms with Gasteiger partial charge in [-0.25, -0.2) is 0 Å². The normalized spacial score (nSPS) is 10.4.